The average Bonchev–Trinajstić information content (AvgIpc) is 3.75. The van der Waals surface area contributed by atoms with Crippen LogP contribution >= 0.6 is 11.3 Å². The molecular weight excluding hydrogens is 548 g/mol. The van der Waals surface area contributed by atoms with Crippen molar-refractivity contribution < 1.29 is 14.3 Å². The van der Waals surface area contributed by atoms with Gasteiger partial charge in [-0.2, -0.15) is 5.21 Å². The number of thiazole rings is 1. The summed E-state index contributed by atoms with van der Waals surface area (Å²) in [5.41, 5.74) is 6.75. The summed E-state index contributed by atoms with van der Waals surface area (Å²) in [7, 11) is 3.05. The van der Waals surface area contributed by atoms with E-state index in [9.17, 15) is 4.79 Å². The Kier molecular flexibility index (Phi) is 7.66. The van der Waals surface area contributed by atoms with Crippen molar-refractivity contribution in [3.05, 3.63) is 99.4 Å². The highest BCUT2D eigenvalue weighted by Crippen LogP contribution is 2.30. The molecule has 3 heterocycles. The first kappa shape index (κ1) is 27.2. The van der Waals surface area contributed by atoms with Gasteiger partial charge in [0.25, 0.3) is 0 Å². The van der Waals surface area contributed by atoms with Crippen LogP contribution in [0.1, 0.15) is 43.6 Å². The fourth-order valence-corrected chi connectivity index (χ4v) is 5.87. The van der Waals surface area contributed by atoms with Crippen LogP contribution in [0.2, 0.25) is 0 Å². The highest BCUT2D eigenvalue weighted by Gasteiger charge is 2.19. The van der Waals surface area contributed by atoms with Crippen LogP contribution in [-0.4, -0.2) is 50.4 Å². The Morgan fingerprint density at radius 2 is 1.86 bits per heavy atom. The molecule has 0 aliphatic carbocycles. The minimum Gasteiger partial charge on any atom is -0.497 e. The molecule has 0 unspecified atom stereocenters. The number of tetrazole rings is 1. The van der Waals surface area contributed by atoms with E-state index in [1.807, 2.05) is 30.3 Å². The number of aromatic nitrogens is 6. The third-order valence-corrected chi connectivity index (χ3v) is 8.14. The summed E-state index contributed by atoms with van der Waals surface area (Å²) in [5.74, 6) is 7.82. The lowest BCUT2D eigenvalue weighted by Crippen LogP contribution is -2.06. The molecule has 10 heteroatoms. The minimum absolute atomic E-state index is 0.376. The highest BCUT2D eigenvalue weighted by molar-refractivity contribution is 7.19. The van der Waals surface area contributed by atoms with Crippen LogP contribution in [-0.2, 0) is 30.5 Å². The zero-order valence-electron chi connectivity index (χ0n) is 23.5. The van der Waals surface area contributed by atoms with Gasteiger partial charge in [0.05, 0.1) is 35.7 Å². The van der Waals surface area contributed by atoms with Crippen molar-refractivity contribution in [2.75, 3.05) is 14.2 Å². The van der Waals surface area contributed by atoms with E-state index in [-0.39, 0.29) is 5.97 Å². The Morgan fingerprint density at radius 3 is 2.62 bits per heavy atom. The van der Waals surface area contributed by atoms with Gasteiger partial charge in [-0.3, -0.25) is 0 Å². The lowest BCUT2D eigenvalue weighted by Gasteiger charge is -2.07. The summed E-state index contributed by atoms with van der Waals surface area (Å²) in [5, 5.41) is 16.2. The molecule has 0 saturated heterocycles. The molecule has 0 spiro atoms. The second-order valence-corrected chi connectivity index (χ2v) is 10.9. The number of carbonyl (C=O) groups is 1. The quantitative estimate of drug-likeness (QED) is 0.194. The van der Waals surface area contributed by atoms with Crippen molar-refractivity contribution in [3.8, 4) is 17.6 Å². The summed E-state index contributed by atoms with van der Waals surface area (Å²) in [6.45, 7) is 2.67. The van der Waals surface area contributed by atoms with Crippen molar-refractivity contribution in [1.82, 2.24) is 30.2 Å². The van der Waals surface area contributed by atoms with E-state index >= 15 is 0 Å². The number of hydrogen-bond acceptors (Lipinski definition) is 8. The SMILES string of the molecule is COC(=O)c1ccc2c(c1)c(CCc1ccc(C)cc1)c(C#Cc1nc3ccc(OC)cc3s1)n2CCc1nn[nH]n1. The molecule has 42 heavy (non-hydrogen) atoms. The number of methoxy groups -OCH3 is 2. The van der Waals surface area contributed by atoms with Gasteiger partial charge in [-0.05, 0) is 79.1 Å². The van der Waals surface area contributed by atoms with Gasteiger partial charge in [0, 0.05) is 23.9 Å². The zero-order valence-corrected chi connectivity index (χ0v) is 24.3. The molecule has 3 aromatic carbocycles. The number of nitrogens with zero attached hydrogens (tertiary/aromatic N) is 5. The van der Waals surface area contributed by atoms with Gasteiger partial charge in [0.2, 0.25) is 0 Å². The summed E-state index contributed by atoms with van der Waals surface area (Å²) in [4.78, 5) is 17.2. The number of aromatic amines is 1. The lowest BCUT2D eigenvalue weighted by atomic mass is 10.00. The number of nitrogens with one attached hydrogen (secondary N) is 1. The van der Waals surface area contributed by atoms with Gasteiger partial charge in [-0.1, -0.05) is 35.0 Å². The third-order valence-electron chi connectivity index (χ3n) is 7.21. The smallest absolute Gasteiger partial charge is 0.337 e. The number of ether oxygens (including phenoxy) is 2. The van der Waals surface area contributed by atoms with Crippen LogP contribution in [0.4, 0.5) is 0 Å². The Hall–Kier alpha value is -5.01. The maximum atomic E-state index is 12.5. The van der Waals surface area contributed by atoms with Gasteiger partial charge in [-0.25, -0.2) is 9.78 Å². The number of hydrogen-bond donors (Lipinski definition) is 1. The minimum atomic E-state index is -0.376. The van der Waals surface area contributed by atoms with Crippen molar-refractivity contribution in [1.29, 1.82) is 0 Å². The molecule has 0 radical (unpaired) electrons. The molecule has 0 amide bonds. The molecule has 0 aliphatic rings. The molecule has 0 saturated carbocycles. The topological polar surface area (TPSA) is 108 Å². The van der Waals surface area contributed by atoms with E-state index in [1.54, 1.807) is 13.2 Å². The fraction of sp³-hybridized carbons (Fsp3) is 0.219. The predicted molar refractivity (Wildman–Crippen MR) is 162 cm³/mol. The van der Waals surface area contributed by atoms with Crippen LogP contribution in [0.5, 0.6) is 5.75 Å². The van der Waals surface area contributed by atoms with E-state index in [1.165, 1.54) is 29.6 Å². The summed E-state index contributed by atoms with van der Waals surface area (Å²) in [6, 6.07) is 20.0. The molecular formula is C32H28N6O3S. The Labute approximate surface area is 246 Å². The molecule has 0 bridgehead atoms. The van der Waals surface area contributed by atoms with Crippen LogP contribution in [0.15, 0.2) is 60.7 Å². The van der Waals surface area contributed by atoms with E-state index in [0.29, 0.717) is 29.4 Å². The van der Waals surface area contributed by atoms with E-state index < -0.39 is 0 Å². The maximum absolute atomic E-state index is 12.5. The van der Waals surface area contributed by atoms with Crippen LogP contribution < -0.4 is 4.74 Å². The molecule has 210 valence electrons. The first-order chi connectivity index (χ1) is 20.5. The molecule has 9 nitrogen and oxygen atoms in total. The number of rotatable bonds is 8. The molecule has 6 aromatic rings. The van der Waals surface area contributed by atoms with Crippen molar-refractivity contribution in [2.24, 2.45) is 0 Å². The van der Waals surface area contributed by atoms with Crippen molar-refractivity contribution >= 4 is 38.4 Å². The van der Waals surface area contributed by atoms with Gasteiger partial charge < -0.3 is 14.0 Å². The first-order valence-electron chi connectivity index (χ1n) is 13.5. The summed E-state index contributed by atoms with van der Waals surface area (Å²) >= 11 is 1.53. The Morgan fingerprint density at radius 1 is 1.00 bits per heavy atom. The van der Waals surface area contributed by atoms with Crippen LogP contribution in [0.25, 0.3) is 21.1 Å². The van der Waals surface area contributed by atoms with Gasteiger partial charge in [0.1, 0.15) is 5.75 Å². The molecule has 6 rings (SSSR count). The predicted octanol–water partition coefficient (Wildman–Crippen LogP) is 5.30. The monoisotopic (exact) mass is 576 g/mol. The maximum Gasteiger partial charge on any atom is 0.337 e. The number of aryl methyl sites for hydroxylation is 5. The van der Waals surface area contributed by atoms with Crippen LogP contribution in [0.3, 0.4) is 0 Å². The lowest BCUT2D eigenvalue weighted by molar-refractivity contribution is 0.0601. The fourth-order valence-electron chi connectivity index (χ4n) is 5.02. The van der Waals surface area contributed by atoms with Gasteiger partial charge in [-0.15, -0.1) is 21.5 Å². The Bertz CT molecular complexity index is 1950. The molecule has 0 fully saturated rings. The molecule has 0 atom stereocenters. The van der Waals surface area contributed by atoms with Gasteiger partial charge >= 0.3 is 5.97 Å². The van der Waals surface area contributed by atoms with Crippen molar-refractivity contribution in [3.63, 3.8) is 0 Å². The standard InChI is InChI=1S/C32H28N6O3S/c1-20-4-6-21(7-5-20)8-11-24-25-18-22(32(39)41-3)9-13-28(25)38(17-16-30-34-36-37-35-30)27(24)14-15-31-33-26-12-10-23(40-2)19-29(26)42-31/h4-7,9-10,12-13,18-19H,8,11,16-17H2,1-3H3,(H,34,35,36,37). The number of benzene rings is 3. The summed E-state index contributed by atoms with van der Waals surface area (Å²) < 4.78 is 13.6. The van der Waals surface area contributed by atoms with E-state index in [2.05, 4.69) is 68.2 Å². The van der Waals surface area contributed by atoms with Crippen molar-refractivity contribution in [2.45, 2.75) is 32.7 Å². The number of fused-ring (bicyclic) bond motifs is 2. The number of carbonyl (C=O) groups excluding carboxylic acids is 1. The number of H-pyrrole nitrogens is 1. The van der Waals surface area contributed by atoms with E-state index in [0.717, 1.165) is 51.0 Å². The molecule has 0 aliphatic heterocycles. The zero-order chi connectivity index (χ0) is 29.1. The molecule has 3 aromatic heterocycles. The van der Waals surface area contributed by atoms with E-state index in [4.69, 9.17) is 14.5 Å². The largest absolute Gasteiger partial charge is 0.497 e. The second kappa shape index (κ2) is 11.8. The third kappa shape index (κ3) is 5.60. The van der Waals surface area contributed by atoms with Gasteiger partial charge in [0.15, 0.2) is 10.8 Å². The summed E-state index contributed by atoms with van der Waals surface area (Å²) in [6.07, 6.45) is 2.12. The number of esters is 1. The molecule has 1 N–H and O–H groups in total. The average molecular weight is 577 g/mol. The second-order valence-electron chi connectivity index (χ2n) is 9.87. The first-order valence-corrected chi connectivity index (χ1v) is 14.3. The Balaban J connectivity index is 1.48. The normalized spacial score (nSPS) is 11.0. The highest BCUT2D eigenvalue weighted by atomic mass is 32.1. The van der Waals surface area contributed by atoms with Crippen LogP contribution in [0, 0.1) is 18.8 Å².